The molecule has 0 heterocycles. The van der Waals surface area contributed by atoms with Gasteiger partial charge in [-0.3, -0.25) is 0 Å². The van der Waals surface area contributed by atoms with E-state index in [9.17, 15) is 0 Å². The van der Waals surface area contributed by atoms with Crippen molar-refractivity contribution in [3.8, 4) is 0 Å². The third kappa shape index (κ3) is 1.68. The van der Waals surface area contributed by atoms with Crippen molar-refractivity contribution in [3.05, 3.63) is 24.0 Å². The normalized spacial score (nSPS) is 28.4. The summed E-state index contributed by atoms with van der Waals surface area (Å²) in [6.07, 6.45) is 6.60. The van der Waals surface area contributed by atoms with Gasteiger partial charge in [-0.05, 0) is 18.2 Å². The van der Waals surface area contributed by atoms with Gasteiger partial charge >= 0.3 is 0 Å². The zero-order chi connectivity index (χ0) is 9.03. The maximum Gasteiger partial charge on any atom is 0.114 e. The van der Waals surface area contributed by atoms with E-state index >= 15 is 0 Å². The molecule has 0 aromatic heterocycles. The number of methoxy groups -OCH3 is 2. The van der Waals surface area contributed by atoms with Crippen LogP contribution in [0, 0.1) is 0 Å². The van der Waals surface area contributed by atoms with Gasteiger partial charge in [-0.1, -0.05) is 0 Å². The van der Waals surface area contributed by atoms with Gasteiger partial charge in [0.25, 0.3) is 0 Å². The van der Waals surface area contributed by atoms with Gasteiger partial charge in [0.1, 0.15) is 11.4 Å². The van der Waals surface area contributed by atoms with Crippen molar-refractivity contribution in [1.29, 1.82) is 0 Å². The fourth-order valence-electron chi connectivity index (χ4n) is 1.18. The Kier molecular flexibility index (Phi) is 2.89. The monoisotopic (exact) mass is 169 g/mol. The molecule has 0 aromatic carbocycles. The van der Waals surface area contributed by atoms with Gasteiger partial charge in [0.05, 0.1) is 7.11 Å². The summed E-state index contributed by atoms with van der Waals surface area (Å²) in [5.41, 5.74) is 5.27. The average molecular weight is 169 g/mol. The molecule has 3 heteroatoms. The number of allylic oxidation sites excluding steroid dienone is 1. The molecule has 0 aromatic rings. The minimum Gasteiger partial charge on any atom is -0.497 e. The van der Waals surface area contributed by atoms with Gasteiger partial charge in [0.2, 0.25) is 0 Å². The standard InChI is InChI=1S/C9H15NO2/c1-11-8-3-5-9(7-10,12-2)6-4-8/h3-5H,6-7,10H2,1-2H3. The summed E-state index contributed by atoms with van der Waals surface area (Å²) >= 11 is 0. The van der Waals surface area contributed by atoms with Gasteiger partial charge in [-0.25, -0.2) is 0 Å². The van der Waals surface area contributed by atoms with Crippen LogP contribution in [-0.4, -0.2) is 26.4 Å². The molecular formula is C9H15NO2. The first-order valence-corrected chi connectivity index (χ1v) is 3.95. The number of nitrogens with two attached hydrogens (primary N) is 1. The van der Waals surface area contributed by atoms with Crippen LogP contribution >= 0.6 is 0 Å². The number of ether oxygens (including phenoxy) is 2. The molecule has 1 rings (SSSR count). The average Bonchev–Trinajstić information content (AvgIpc) is 2.18. The van der Waals surface area contributed by atoms with Crippen molar-refractivity contribution >= 4 is 0 Å². The molecule has 12 heavy (non-hydrogen) atoms. The molecule has 0 saturated carbocycles. The van der Waals surface area contributed by atoms with Gasteiger partial charge in [-0.2, -0.15) is 0 Å². The predicted octanol–water partition coefficient (Wildman–Crippen LogP) is 0.821. The summed E-state index contributed by atoms with van der Waals surface area (Å²) in [5.74, 6) is 0.871. The van der Waals surface area contributed by atoms with Crippen molar-refractivity contribution in [2.24, 2.45) is 5.73 Å². The Labute approximate surface area is 72.8 Å². The summed E-state index contributed by atoms with van der Waals surface area (Å²) in [6.45, 7) is 0.494. The topological polar surface area (TPSA) is 44.5 Å². The molecule has 68 valence electrons. The summed E-state index contributed by atoms with van der Waals surface area (Å²) in [4.78, 5) is 0. The largest absolute Gasteiger partial charge is 0.497 e. The van der Waals surface area contributed by atoms with Crippen LogP contribution in [0.15, 0.2) is 24.0 Å². The molecule has 1 aliphatic carbocycles. The summed E-state index contributed by atoms with van der Waals surface area (Å²) < 4.78 is 10.4. The van der Waals surface area contributed by atoms with Crippen LogP contribution in [0.2, 0.25) is 0 Å². The van der Waals surface area contributed by atoms with Crippen LogP contribution in [0.25, 0.3) is 0 Å². The van der Waals surface area contributed by atoms with Crippen LogP contribution in [0.4, 0.5) is 0 Å². The number of hydrogen-bond acceptors (Lipinski definition) is 3. The molecule has 0 fully saturated rings. The Bertz CT molecular complexity index is 205. The second kappa shape index (κ2) is 3.74. The summed E-state index contributed by atoms with van der Waals surface area (Å²) in [6, 6.07) is 0. The lowest BCUT2D eigenvalue weighted by Crippen LogP contribution is -2.38. The highest BCUT2D eigenvalue weighted by molar-refractivity contribution is 5.24. The molecule has 2 N–H and O–H groups in total. The van der Waals surface area contributed by atoms with E-state index in [1.807, 2.05) is 18.2 Å². The minimum atomic E-state index is -0.317. The van der Waals surface area contributed by atoms with Crippen molar-refractivity contribution in [1.82, 2.24) is 0 Å². The van der Waals surface area contributed by atoms with E-state index in [0.29, 0.717) is 6.54 Å². The molecule has 0 aliphatic heterocycles. The lowest BCUT2D eigenvalue weighted by molar-refractivity contribution is 0.0397. The summed E-state index contributed by atoms with van der Waals surface area (Å²) in [5, 5.41) is 0. The molecule has 1 atom stereocenters. The van der Waals surface area contributed by atoms with E-state index in [1.165, 1.54) is 0 Å². The molecule has 0 amide bonds. The van der Waals surface area contributed by atoms with E-state index < -0.39 is 0 Å². The molecule has 0 radical (unpaired) electrons. The van der Waals surface area contributed by atoms with E-state index in [1.54, 1.807) is 14.2 Å². The zero-order valence-corrected chi connectivity index (χ0v) is 7.54. The molecule has 1 aliphatic rings. The maximum atomic E-state index is 5.59. The van der Waals surface area contributed by atoms with Gasteiger partial charge < -0.3 is 15.2 Å². The fraction of sp³-hybridized carbons (Fsp3) is 0.556. The van der Waals surface area contributed by atoms with Gasteiger partial charge in [-0.15, -0.1) is 0 Å². The predicted molar refractivity (Wildman–Crippen MR) is 47.6 cm³/mol. The van der Waals surface area contributed by atoms with Gasteiger partial charge in [0.15, 0.2) is 0 Å². The smallest absolute Gasteiger partial charge is 0.114 e. The third-order valence-corrected chi connectivity index (χ3v) is 2.19. The summed E-state index contributed by atoms with van der Waals surface area (Å²) in [7, 11) is 3.32. The highest BCUT2D eigenvalue weighted by Crippen LogP contribution is 2.23. The first-order chi connectivity index (χ1) is 5.76. The van der Waals surface area contributed by atoms with Crippen molar-refractivity contribution in [3.63, 3.8) is 0 Å². The quantitative estimate of drug-likeness (QED) is 0.680. The lowest BCUT2D eigenvalue weighted by Gasteiger charge is -2.28. The minimum absolute atomic E-state index is 0.317. The van der Waals surface area contributed by atoms with Crippen LogP contribution in [0.5, 0.6) is 0 Å². The van der Waals surface area contributed by atoms with Crippen LogP contribution in [0.1, 0.15) is 6.42 Å². The molecule has 0 saturated heterocycles. The first-order valence-electron chi connectivity index (χ1n) is 3.95. The highest BCUT2D eigenvalue weighted by atomic mass is 16.5. The van der Waals surface area contributed by atoms with Crippen molar-refractivity contribution < 1.29 is 9.47 Å². The number of hydrogen-bond donors (Lipinski definition) is 1. The Morgan fingerprint density at radius 1 is 1.58 bits per heavy atom. The van der Waals surface area contributed by atoms with Crippen molar-refractivity contribution in [2.45, 2.75) is 12.0 Å². The Balaban J connectivity index is 2.67. The highest BCUT2D eigenvalue weighted by Gasteiger charge is 2.26. The third-order valence-electron chi connectivity index (χ3n) is 2.19. The second-order valence-electron chi connectivity index (χ2n) is 2.82. The lowest BCUT2D eigenvalue weighted by atomic mass is 9.95. The zero-order valence-electron chi connectivity index (χ0n) is 7.54. The second-order valence-corrected chi connectivity index (χ2v) is 2.82. The molecule has 0 bridgehead atoms. The van der Waals surface area contributed by atoms with E-state index in [-0.39, 0.29) is 5.60 Å². The first kappa shape index (κ1) is 9.29. The van der Waals surface area contributed by atoms with Crippen molar-refractivity contribution in [2.75, 3.05) is 20.8 Å². The molecule has 1 unspecified atom stereocenters. The van der Waals surface area contributed by atoms with Crippen LogP contribution in [-0.2, 0) is 9.47 Å². The van der Waals surface area contributed by atoms with E-state index in [0.717, 1.165) is 12.2 Å². The van der Waals surface area contributed by atoms with E-state index in [2.05, 4.69) is 0 Å². The molecule has 3 nitrogen and oxygen atoms in total. The molecular weight excluding hydrogens is 154 g/mol. The number of rotatable bonds is 3. The Morgan fingerprint density at radius 2 is 2.33 bits per heavy atom. The Morgan fingerprint density at radius 3 is 2.67 bits per heavy atom. The molecule has 0 spiro atoms. The fourth-order valence-corrected chi connectivity index (χ4v) is 1.18. The van der Waals surface area contributed by atoms with E-state index in [4.69, 9.17) is 15.2 Å². The van der Waals surface area contributed by atoms with Gasteiger partial charge in [0, 0.05) is 20.1 Å². The van der Waals surface area contributed by atoms with Crippen LogP contribution < -0.4 is 5.73 Å². The maximum absolute atomic E-state index is 5.59. The SMILES string of the molecule is COC1=CCC(CN)(OC)C=C1. The van der Waals surface area contributed by atoms with Crippen LogP contribution in [0.3, 0.4) is 0 Å². The Hall–Kier alpha value is -0.800.